The summed E-state index contributed by atoms with van der Waals surface area (Å²) in [7, 11) is 3.93. The molecule has 0 radical (unpaired) electrons. The van der Waals surface area contributed by atoms with E-state index < -0.39 is 0 Å². The lowest BCUT2D eigenvalue weighted by Crippen LogP contribution is -2.38. The van der Waals surface area contributed by atoms with Gasteiger partial charge in [-0.2, -0.15) is 0 Å². The van der Waals surface area contributed by atoms with Crippen molar-refractivity contribution in [3.8, 4) is 0 Å². The van der Waals surface area contributed by atoms with Crippen LogP contribution in [0, 0.1) is 0 Å². The molecular weight excluding hydrogens is 366 g/mol. The summed E-state index contributed by atoms with van der Waals surface area (Å²) >= 11 is 0. The van der Waals surface area contributed by atoms with Gasteiger partial charge in [0.15, 0.2) is 0 Å². The van der Waals surface area contributed by atoms with Crippen molar-refractivity contribution in [2.45, 2.75) is 18.9 Å². The van der Waals surface area contributed by atoms with Gasteiger partial charge in [-0.15, -0.1) is 0 Å². The first-order chi connectivity index (χ1) is 14.0. The third-order valence-electron chi connectivity index (χ3n) is 4.76. The van der Waals surface area contributed by atoms with Gasteiger partial charge in [0, 0.05) is 38.5 Å². The summed E-state index contributed by atoms with van der Waals surface area (Å²) in [5.41, 5.74) is 2.58. The molecule has 0 bridgehead atoms. The minimum absolute atomic E-state index is 0.0319. The molecule has 6 nitrogen and oxygen atoms in total. The molecule has 2 aromatic carbocycles. The quantitative estimate of drug-likeness (QED) is 0.710. The van der Waals surface area contributed by atoms with Crippen LogP contribution in [0.15, 0.2) is 60.3 Å². The smallest absolute Gasteiger partial charge is 0.267 e. The minimum Gasteiger partial charge on any atom is -0.378 e. The van der Waals surface area contributed by atoms with Gasteiger partial charge in [0.25, 0.3) is 11.8 Å². The van der Waals surface area contributed by atoms with E-state index in [2.05, 4.69) is 10.6 Å². The maximum Gasteiger partial charge on any atom is 0.267 e. The van der Waals surface area contributed by atoms with E-state index >= 15 is 0 Å². The Bertz CT molecular complexity index is 855. The number of carbonyl (C=O) groups is 2. The highest BCUT2D eigenvalue weighted by atomic mass is 16.5. The third-order valence-corrected chi connectivity index (χ3v) is 4.76. The van der Waals surface area contributed by atoms with Crippen molar-refractivity contribution in [2.75, 3.05) is 32.1 Å². The van der Waals surface area contributed by atoms with Crippen LogP contribution in [0.4, 0.5) is 5.69 Å². The fourth-order valence-electron chi connectivity index (χ4n) is 3.08. The molecular formula is C23H27N3O3. The summed E-state index contributed by atoms with van der Waals surface area (Å²) in [5, 5.41) is 5.63. The van der Waals surface area contributed by atoms with E-state index in [0.717, 1.165) is 30.7 Å². The number of amides is 2. The number of hydrogen-bond donors (Lipinski definition) is 2. The van der Waals surface area contributed by atoms with Crippen molar-refractivity contribution < 1.29 is 14.3 Å². The Labute approximate surface area is 171 Å². The number of benzene rings is 2. The van der Waals surface area contributed by atoms with Gasteiger partial charge in [0.1, 0.15) is 5.70 Å². The Morgan fingerprint density at radius 1 is 1.10 bits per heavy atom. The Morgan fingerprint density at radius 2 is 1.83 bits per heavy atom. The van der Waals surface area contributed by atoms with E-state index in [-0.39, 0.29) is 23.6 Å². The highest BCUT2D eigenvalue weighted by molar-refractivity contribution is 6.05. The molecule has 0 unspecified atom stereocenters. The van der Waals surface area contributed by atoms with Gasteiger partial charge in [0.2, 0.25) is 0 Å². The maximum absolute atomic E-state index is 12.8. The van der Waals surface area contributed by atoms with Crippen LogP contribution in [0.3, 0.4) is 0 Å². The molecule has 2 amide bonds. The van der Waals surface area contributed by atoms with Crippen LogP contribution in [-0.2, 0) is 9.53 Å². The van der Waals surface area contributed by atoms with Crippen molar-refractivity contribution in [1.82, 2.24) is 10.6 Å². The number of anilines is 1. The van der Waals surface area contributed by atoms with Crippen molar-refractivity contribution in [1.29, 1.82) is 0 Å². The molecule has 1 aliphatic rings. The topological polar surface area (TPSA) is 70.7 Å². The summed E-state index contributed by atoms with van der Waals surface area (Å²) in [6.07, 6.45) is 3.66. The highest BCUT2D eigenvalue weighted by Gasteiger charge is 2.19. The van der Waals surface area contributed by atoms with Gasteiger partial charge >= 0.3 is 0 Å². The van der Waals surface area contributed by atoms with Gasteiger partial charge in [-0.1, -0.05) is 30.3 Å². The molecule has 6 heteroatoms. The van der Waals surface area contributed by atoms with Crippen molar-refractivity contribution in [3.63, 3.8) is 0 Å². The van der Waals surface area contributed by atoms with Crippen LogP contribution in [0.25, 0.3) is 6.08 Å². The number of nitrogens with zero attached hydrogens (tertiary/aromatic N) is 1. The lowest BCUT2D eigenvalue weighted by Gasteiger charge is -2.15. The van der Waals surface area contributed by atoms with E-state index in [1.807, 2.05) is 49.3 Å². The first kappa shape index (κ1) is 20.6. The molecule has 1 saturated heterocycles. The average molecular weight is 393 g/mol. The van der Waals surface area contributed by atoms with E-state index in [9.17, 15) is 9.59 Å². The molecule has 3 rings (SSSR count). The molecule has 0 spiro atoms. The van der Waals surface area contributed by atoms with Gasteiger partial charge in [-0.25, -0.2) is 0 Å². The number of ether oxygens (including phenoxy) is 1. The third kappa shape index (κ3) is 5.93. The van der Waals surface area contributed by atoms with Crippen molar-refractivity contribution in [2.24, 2.45) is 0 Å². The zero-order valence-electron chi connectivity index (χ0n) is 16.9. The van der Waals surface area contributed by atoms with Crippen LogP contribution in [0.2, 0.25) is 0 Å². The molecule has 1 atom stereocenters. The fraction of sp³-hybridized carbons (Fsp3) is 0.304. The predicted molar refractivity (Wildman–Crippen MR) is 115 cm³/mol. The first-order valence-corrected chi connectivity index (χ1v) is 9.78. The summed E-state index contributed by atoms with van der Waals surface area (Å²) in [4.78, 5) is 27.4. The lowest BCUT2D eigenvalue weighted by atomic mass is 10.1. The normalized spacial score (nSPS) is 16.3. The van der Waals surface area contributed by atoms with Crippen molar-refractivity contribution in [3.05, 3.63) is 71.4 Å². The lowest BCUT2D eigenvalue weighted by molar-refractivity contribution is -0.118. The second-order valence-electron chi connectivity index (χ2n) is 7.21. The Hall–Kier alpha value is -3.12. The molecule has 1 fully saturated rings. The van der Waals surface area contributed by atoms with Crippen molar-refractivity contribution >= 4 is 23.6 Å². The molecule has 0 saturated carbocycles. The van der Waals surface area contributed by atoms with Gasteiger partial charge < -0.3 is 20.3 Å². The zero-order valence-corrected chi connectivity index (χ0v) is 16.9. The molecule has 152 valence electrons. The van der Waals surface area contributed by atoms with Crippen LogP contribution in [0.1, 0.15) is 28.8 Å². The number of rotatable bonds is 7. The molecule has 1 heterocycles. The number of hydrogen-bond acceptors (Lipinski definition) is 4. The number of nitrogens with one attached hydrogen (secondary N) is 2. The standard InChI is InChI=1S/C23H27N3O3/c1-26(2)19-12-10-17(11-13-19)15-21(23(28)24-16-20-9-6-14-29-20)25-22(27)18-7-4-3-5-8-18/h3-5,7-8,10-13,15,20H,6,9,14,16H2,1-2H3,(H,24,28)(H,25,27)/b21-15+/t20-/m0/s1. The summed E-state index contributed by atoms with van der Waals surface area (Å²) < 4.78 is 5.56. The van der Waals surface area contributed by atoms with Crippen LogP contribution >= 0.6 is 0 Å². The molecule has 1 aliphatic heterocycles. The molecule has 0 aromatic heterocycles. The summed E-state index contributed by atoms with van der Waals surface area (Å²) in [5.74, 6) is -0.657. The second kappa shape index (κ2) is 9.89. The monoisotopic (exact) mass is 393 g/mol. The largest absolute Gasteiger partial charge is 0.378 e. The summed E-state index contributed by atoms with van der Waals surface area (Å²) in [6.45, 7) is 1.16. The zero-order chi connectivity index (χ0) is 20.6. The van der Waals surface area contributed by atoms with E-state index in [1.165, 1.54) is 0 Å². The van der Waals surface area contributed by atoms with Crippen LogP contribution in [-0.4, -0.2) is 45.2 Å². The highest BCUT2D eigenvalue weighted by Crippen LogP contribution is 2.15. The van der Waals surface area contributed by atoms with E-state index in [4.69, 9.17) is 4.74 Å². The van der Waals surface area contributed by atoms with Gasteiger partial charge in [-0.3, -0.25) is 9.59 Å². The first-order valence-electron chi connectivity index (χ1n) is 9.78. The Kier molecular flexibility index (Phi) is 7.03. The van der Waals surface area contributed by atoms with E-state index in [1.54, 1.807) is 30.3 Å². The fourth-order valence-corrected chi connectivity index (χ4v) is 3.08. The predicted octanol–water partition coefficient (Wildman–Crippen LogP) is 2.82. The molecule has 2 N–H and O–H groups in total. The second-order valence-corrected chi connectivity index (χ2v) is 7.21. The summed E-state index contributed by atoms with van der Waals surface area (Å²) in [6, 6.07) is 16.6. The molecule has 2 aromatic rings. The SMILES string of the molecule is CN(C)c1ccc(/C=C(/NC(=O)c2ccccc2)C(=O)NC[C@@H]2CCCO2)cc1. The Morgan fingerprint density at radius 3 is 2.45 bits per heavy atom. The number of carbonyl (C=O) groups excluding carboxylic acids is 2. The molecule has 0 aliphatic carbocycles. The Balaban J connectivity index is 1.77. The van der Waals surface area contributed by atoms with Gasteiger partial charge in [-0.05, 0) is 48.7 Å². The average Bonchev–Trinajstić information content (AvgIpc) is 3.26. The van der Waals surface area contributed by atoms with E-state index in [0.29, 0.717) is 12.1 Å². The van der Waals surface area contributed by atoms with Crippen LogP contribution < -0.4 is 15.5 Å². The van der Waals surface area contributed by atoms with Crippen LogP contribution in [0.5, 0.6) is 0 Å². The minimum atomic E-state index is -0.332. The molecule has 29 heavy (non-hydrogen) atoms. The maximum atomic E-state index is 12.8. The van der Waals surface area contributed by atoms with Gasteiger partial charge in [0.05, 0.1) is 6.10 Å².